The second-order valence-electron chi connectivity index (χ2n) is 3.17. The Morgan fingerprint density at radius 1 is 1.31 bits per heavy atom. The van der Waals surface area contributed by atoms with Crippen LogP contribution >= 0.6 is 15.9 Å². The Balaban J connectivity index is 1.70. The van der Waals surface area contributed by atoms with Crippen LogP contribution in [0.15, 0.2) is 29.3 Å². The number of hydrogen-bond acceptors (Lipinski definition) is 5. The van der Waals surface area contributed by atoms with Gasteiger partial charge in [0.15, 0.2) is 0 Å². The predicted octanol–water partition coefficient (Wildman–Crippen LogP) is 1.33. The molecule has 0 bridgehead atoms. The fraction of sp³-hybridized carbons (Fsp3) is 0.333. The molecule has 0 atom stereocenters. The number of nitrogens with one attached hydrogen (secondary N) is 1. The molecule has 16 heavy (non-hydrogen) atoms. The average Bonchev–Trinajstić information content (AvgIpc) is 2.80. The number of nitrogens with zero attached hydrogens (tertiary/aromatic N) is 5. The fourth-order valence-electron chi connectivity index (χ4n) is 1.20. The Bertz CT molecular complexity index is 412. The molecule has 84 valence electrons. The molecule has 1 N–H and O–H groups in total. The van der Waals surface area contributed by atoms with E-state index < -0.39 is 0 Å². The van der Waals surface area contributed by atoms with E-state index in [4.69, 9.17) is 0 Å². The summed E-state index contributed by atoms with van der Waals surface area (Å²) in [6.07, 6.45) is 7.89. The first-order valence-corrected chi connectivity index (χ1v) is 5.69. The molecule has 0 aliphatic carbocycles. The summed E-state index contributed by atoms with van der Waals surface area (Å²) in [6.45, 7) is 1.64. The summed E-state index contributed by atoms with van der Waals surface area (Å²) in [5, 5.41) is 10.7. The van der Waals surface area contributed by atoms with Crippen LogP contribution in [0.2, 0.25) is 0 Å². The van der Waals surface area contributed by atoms with Crippen LogP contribution in [-0.4, -0.2) is 31.5 Å². The van der Waals surface area contributed by atoms with E-state index in [0.717, 1.165) is 24.0 Å². The van der Waals surface area contributed by atoms with Gasteiger partial charge in [0, 0.05) is 31.7 Å². The molecule has 2 aromatic rings. The second kappa shape index (κ2) is 5.55. The Morgan fingerprint density at radius 2 is 2.12 bits per heavy atom. The highest BCUT2D eigenvalue weighted by atomic mass is 79.9. The molecule has 7 heteroatoms. The topological polar surface area (TPSA) is 68.5 Å². The van der Waals surface area contributed by atoms with Crippen molar-refractivity contribution in [3.63, 3.8) is 0 Å². The number of anilines is 1. The van der Waals surface area contributed by atoms with Crippen LogP contribution in [0.25, 0.3) is 0 Å². The van der Waals surface area contributed by atoms with Crippen molar-refractivity contribution in [1.29, 1.82) is 0 Å². The van der Waals surface area contributed by atoms with Crippen LogP contribution in [0.3, 0.4) is 0 Å². The van der Waals surface area contributed by atoms with E-state index >= 15 is 0 Å². The van der Waals surface area contributed by atoms with Gasteiger partial charge in [-0.05, 0) is 22.4 Å². The molecule has 2 heterocycles. The molecular formula is C9H11BrN6. The molecule has 0 saturated carbocycles. The molecule has 2 aromatic heterocycles. The van der Waals surface area contributed by atoms with E-state index in [2.05, 4.69) is 41.5 Å². The molecular weight excluding hydrogens is 272 g/mol. The van der Waals surface area contributed by atoms with Gasteiger partial charge in [-0.1, -0.05) is 5.21 Å². The van der Waals surface area contributed by atoms with Gasteiger partial charge in [-0.25, -0.2) is 9.97 Å². The maximum atomic E-state index is 4.11. The van der Waals surface area contributed by atoms with Crippen LogP contribution in [0.5, 0.6) is 0 Å². The zero-order valence-corrected chi connectivity index (χ0v) is 10.1. The molecule has 0 unspecified atom stereocenters. The molecule has 0 amide bonds. The number of aromatic nitrogens is 5. The van der Waals surface area contributed by atoms with E-state index in [1.807, 2.05) is 6.20 Å². The minimum Gasteiger partial charge on any atom is -0.354 e. The summed E-state index contributed by atoms with van der Waals surface area (Å²) in [5.41, 5.74) is 0. The fourth-order valence-corrected chi connectivity index (χ4v) is 1.40. The van der Waals surface area contributed by atoms with Gasteiger partial charge in [-0.3, -0.25) is 4.68 Å². The maximum absolute atomic E-state index is 4.11. The van der Waals surface area contributed by atoms with Crippen molar-refractivity contribution in [2.75, 3.05) is 11.9 Å². The van der Waals surface area contributed by atoms with Gasteiger partial charge in [0.25, 0.3) is 0 Å². The zero-order valence-electron chi connectivity index (χ0n) is 8.54. The molecule has 2 rings (SSSR count). The third-order valence-electron chi connectivity index (χ3n) is 1.94. The first-order valence-electron chi connectivity index (χ1n) is 4.90. The van der Waals surface area contributed by atoms with Gasteiger partial charge < -0.3 is 5.32 Å². The van der Waals surface area contributed by atoms with E-state index in [0.29, 0.717) is 5.95 Å². The molecule has 0 aromatic carbocycles. The van der Waals surface area contributed by atoms with Gasteiger partial charge >= 0.3 is 0 Å². The van der Waals surface area contributed by atoms with Gasteiger partial charge in [-0.2, -0.15) is 0 Å². The van der Waals surface area contributed by atoms with Crippen LogP contribution in [0.4, 0.5) is 5.95 Å². The quantitative estimate of drug-likeness (QED) is 0.838. The molecule has 0 aliphatic heterocycles. The van der Waals surface area contributed by atoms with Crippen LogP contribution in [0, 0.1) is 0 Å². The summed E-state index contributed by atoms with van der Waals surface area (Å²) in [7, 11) is 0. The lowest BCUT2D eigenvalue weighted by Crippen LogP contribution is -2.09. The Morgan fingerprint density at radius 3 is 2.81 bits per heavy atom. The van der Waals surface area contributed by atoms with Crippen LogP contribution < -0.4 is 5.32 Å². The molecule has 0 radical (unpaired) electrons. The van der Waals surface area contributed by atoms with Crippen molar-refractivity contribution in [1.82, 2.24) is 25.0 Å². The van der Waals surface area contributed by atoms with E-state index in [9.17, 15) is 0 Å². The van der Waals surface area contributed by atoms with Gasteiger partial charge in [0.1, 0.15) is 0 Å². The Hall–Kier alpha value is -1.50. The second-order valence-corrected chi connectivity index (χ2v) is 4.09. The van der Waals surface area contributed by atoms with Crippen LogP contribution in [0.1, 0.15) is 6.42 Å². The average molecular weight is 283 g/mol. The van der Waals surface area contributed by atoms with Crippen molar-refractivity contribution in [3.8, 4) is 0 Å². The summed E-state index contributed by atoms with van der Waals surface area (Å²) in [4.78, 5) is 8.22. The standard InChI is InChI=1S/C9H11BrN6/c10-8-6-12-9(13-7-8)11-2-1-4-16-5-3-14-15-16/h3,5-7H,1-2,4H2,(H,11,12,13). The van der Waals surface area contributed by atoms with Crippen molar-refractivity contribution in [3.05, 3.63) is 29.3 Å². The predicted molar refractivity (Wildman–Crippen MR) is 62.9 cm³/mol. The number of aryl methyl sites for hydroxylation is 1. The highest BCUT2D eigenvalue weighted by molar-refractivity contribution is 9.10. The highest BCUT2D eigenvalue weighted by Gasteiger charge is 1.95. The monoisotopic (exact) mass is 282 g/mol. The largest absolute Gasteiger partial charge is 0.354 e. The minimum absolute atomic E-state index is 0.641. The van der Waals surface area contributed by atoms with Crippen LogP contribution in [-0.2, 0) is 6.54 Å². The molecule has 0 spiro atoms. The maximum Gasteiger partial charge on any atom is 0.222 e. The molecule has 0 fully saturated rings. The zero-order chi connectivity index (χ0) is 11.2. The van der Waals surface area contributed by atoms with Crippen molar-refractivity contribution < 1.29 is 0 Å². The summed E-state index contributed by atoms with van der Waals surface area (Å²) >= 11 is 3.28. The normalized spacial score (nSPS) is 10.3. The Labute approximate surface area is 101 Å². The van der Waals surface area contributed by atoms with Gasteiger partial charge in [0.2, 0.25) is 5.95 Å². The highest BCUT2D eigenvalue weighted by Crippen LogP contribution is 2.06. The van der Waals surface area contributed by atoms with E-state index in [1.165, 1.54) is 0 Å². The lowest BCUT2D eigenvalue weighted by Gasteiger charge is -2.03. The minimum atomic E-state index is 0.641. The molecule has 6 nitrogen and oxygen atoms in total. The van der Waals surface area contributed by atoms with Crippen molar-refractivity contribution >= 4 is 21.9 Å². The lowest BCUT2D eigenvalue weighted by atomic mass is 10.4. The number of hydrogen-bond donors (Lipinski definition) is 1. The summed E-state index contributed by atoms with van der Waals surface area (Å²) in [5.74, 6) is 0.641. The van der Waals surface area contributed by atoms with E-state index in [1.54, 1.807) is 23.3 Å². The number of rotatable bonds is 5. The Kier molecular flexibility index (Phi) is 3.81. The van der Waals surface area contributed by atoms with Gasteiger partial charge in [0.05, 0.1) is 10.7 Å². The van der Waals surface area contributed by atoms with Gasteiger partial charge in [-0.15, -0.1) is 5.10 Å². The molecule has 0 saturated heterocycles. The first-order chi connectivity index (χ1) is 7.84. The summed E-state index contributed by atoms with van der Waals surface area (Å²) < 4.78 is 2.67. The smallest absolute Gasteiger partial charge is 0.222 e. The first kappa shape index (κ1) is 11.0. The lowest BCUT2D eigenvalue weighted by molar-refractivity contribution is 0.569. The third kappa shape index (κ3) is 3.27. The van der Waals surface area contributed by atoms with Crippen molar-refractivity contribution in [2.24, 2.45) is 0 Å². The molecule has 0 aliphatic rings. The SMILES string of the molecule is Brc1cnc(NCCCn2ccnn2)nc1. The van der Waals surface area contributed by atoms with Crippen molar-refractivity contribution in [2.45, 2.75) is 13.0 Å². The third-order valence-corrected chi connectivity index (χ3v) is 2.35. The van der Waals surface area contributed by atoms with E-state index in [-0.39, 0.29) is 0 Å². The summed E-state index contributed by atoms with van der Waals surface area (Å²) in [6, 6.07) is 0. The number of halogens is 1.